The van der Waals surface area contributed by atoms with Crippen molar-refractivity contribution in [3.63, 3.8) is 0 Å². The second-order valence-corrected chi connectivity index (χ2v) is 9.51. The lowest BCUT2D eigenvalue weighted by Crippen LogP contribution is -2.47. The minimum absolute atomic E-state index is 0.484. The summed E-state index contributed by atoms with van der Waals surface area (Å²) in [4.78, 5) is 0. The van der Waals surface area contributed by atoms with Crippen LogP contribution in [0.5, 0.6) is 23.0 Å². The summed E-state index contributed by atoms with van der Waals surface area (Å²) in [5.74, 6) is -10.9. The molecule has 0 aliphatic heterocycles. The number of hydrogen-bond donors (Lipinski definition) is 2. The fourth-order valence-corrected chi connectivity index (χ4v) is 4.19. The molecule has 4 N–H and O–H groups in total. The molecule has 2 unspecified atom stereocenters. The highest BCUT2D eigenvalue weighted by Crippen LogP contribution is 2.41. The highest BCUT2D eigenvalue weighted by atomic mass is 19.4. The third-order valence-electron chi connectivity index (χ3n) is 6.16. The van der Waals surface area contributed by atoms with E-state index in [2.05, 4.69) is 6.58 Å². The van der Waals surface area contributed by atoms with Gasteiger partial charge >= 0.3 is 12.4 Å². The highest BCUT2D eigenvalue weighted by molar-refractivity contribution is 5.53. The fourth-order valence-electron chi connectivity index (χ4n) is 4.19. The van der Waals surface area contributed by atoms with Crippen LogP contribution in [0.1, 0.15) is 18.4 Å². The van der Waals surface area contributed by atoms with Crippen molar-refractivity contribution in [3.05, 3.63) is 101 Å². The molecule has 0 saturated carbocycles. The van der Waals surface area contributed by atoms with Crippen LogP contribution < -0.4 is 25.7 Å². The van der Waals surface area contributed by atoms with E-state index in [1.54, 1.807) is 0 Å². The molecule has 43 heavy (non-hydrogen) atoms. The van der Waals surface area contributed by atoms with Crippen LogP contribution in [0.3, 0.4) is 0 Å². The summed E-state index contributed by atoms with van der Waals surface area (Å²) in [5, 5.41) is 0. The van der Waals surface area contributed by atoms with Gasteiger partial charge in [-0.25, -0.2) is 8.78 Å². The normalized spacial score (nSPS) is 22.1. The van der Waals surface area contributed by atoms with Crippen LogP contribution in [-0.2, 0) is 0 Å². The second kappa shape index (κ2) is 11.1. The van der Waals surface area contributed by atoms with Gasteiger partial charge in [-0.3, -0.25) is 11.5 Å². The molecule has 2 aliphatic rings. The maximum absolute atomic E-state index is 14.7. The predicted molar refractivity (Wildman–Crippen MR) is 134 cm³/mol. The zero-order valence-electron chi connectivity index (χ0n) is 21.6. The first-order valence-electron chi connectivity index (χ1n) is 12.0. The zero-order chi connectivity index (χ0) is 32.0. The van der Waals surface area contributed by atoms with Crippen molar-refractivity contribution in [1.82, 2.24) is 0 Å². The summed E-state index contributed by atoms with van der Waals surface area (Å²) in [5.41, 5.74) is 4.41. The van der Waals surface area contributed by atoms with E-state index < -0.39 is 99.6 Å². The number of allylic oxidation sites excluding steroid dienone is 4. The van der Waals surface area contributed by atoms with Gasteiger partial charge < -0.3 is 14.2 Å². The smallest absolute Gasteiger partial charge is 0.412 e. The Bertz CT molecular complexity index is 1470. The first kappa shape index (κ1) is 31.7. The summed E-state index contributed by atoms with van der Waals surface area (Å²) in [6, 6.07) is 2.61. The Balaban J connectivity index is 1.75. The fraction of sp³-hybridized carbons (Fsp3) is 0.214. The molecular weight excluding hydrogens is 602 g/mol. The quantitative estimate of drug-likeness (QED) is 0.189. The van der Waals surface area contributed by atoms with Crippen LogP contribution in [0, 0.1) is 23.3 Å². The topological polar surface area (TPSA) is 79.7 Å². The van der Waals surface area contributed by atoms with E-state index in [0.29, 0.717) is 6.08 Å². The summed E-state index contributed by atoms with van der Waals surface area (Å²) in [7, 11) is 0. The minimum atomic E-state index is -4.78. The SMILES string of the molecule is C=Cc1c(F)c(F)c(Oc2cc(OC3(N)C=CC=C(C(F)(F)F)C3)cc(OC3(N)C=CC=C(C(F)(F)F)C3)c2)c(F)c1F. The predicted octanol–water partition coefficient (Wildman–Crippen LogP) is 7.64. The number of rotatable bonds is 7. The third kappa shape index (κ3) is 6.88. The van der Waals surface area contributed by atoms with Crippen LogP contribution in [0.15, 0.2) is 72.4 Å². The average Bonchev–Trinajstić information content (AvgIpc) is 2.89. The van der Waals surface area contributed by atoms with Gasteiger partial charge in [0.2, 0.25) is 17.4 Å². The van der Waals surface area contributed by atoms with Crippen LogP contribution in [0.2, 0.25) is 0 Å². The van der Waals surface area contributed by atoms with Crippen molar-refractivity contribution in [2.24, 2.45) is 11.5 Å². The zero-order valence-corrected chi connectivity index (χ0v) is 21.6. The van der Waals surface area contributed by atoms with E-state index >= 15 is 0 Å². The minimum Gasteiger partial charge on any atom is -0.469 e. The molecule has 5 nitrogen and oxygen atoms in total. The van der Waals surface area contributed by atoms with Gasteiger partial charge in [0.15, 0.2) is 23.1 Å². The van der Waals surface area contributed by atoms with E-state index in [9.17, 15) is 43.9 Å². The van der Waals surface area contributed by atoms with E-state index in [4.69, 9.17) is 25.7 Å². The highest BCUT2D eigenvalue weighted by Gasteiger charge is 2.42. The van der Waals surface area contributed by atoms with Gasteiger partial charge in [-0.1, -0.05) is 37.0 Å². The van der Waals surface area contributed by atoms with Gasteiger partial charge in [-0.15, -0.1) is 0 Å². The van der Waals surface area contributed by atoms with Gasteiger partial charge in [-0.2, -0.15) is 35.1 Å². The Morgan fingerprint density at radius 2 is 1.07 bits per heavy atom. The second-order valence-electron chi connectivity index (χ2n) is 9.51. The first-order chi connectivity index (χ1) is 19.8. The maximum Gasteiger partial charge on any atom is 0.412 e. The van der Waals surface area contributed by atoms with Crippen LogP contribution in [-0.4, -0.2) is 23.8 Å². The molecule has 0 aromatic heterocycles. The number of halogens is 10. The van der Waals surface area contributed by atoms with Gasteiger partial charge in [0, 0.05) is 42.2 Å². The lowest BCUT2D eigenvalue weighted by molar-refractivity contribution is -0.0994. The Morgan fingerprint density at radius 3 is 1.44 bits per heavy atom. The molecule has 2 aliphatic carbocycles. The van der Waals surface area contributed by atoms with Crippen molar-refractivity contribution in [3.8, 4) is 23.0 Å². The number of ether oxygens (including phenoxy) is 3. The first-order valence-corrected chi connectivity index (χ1v) is 12.0. The molecule has 0 heterocycles. The standard InChI is InChI=1S/C28H20F10N2O3/c1-2-19-20(29)22(31)24(23(32)21(19)30)41-16-9-17(42-25(39)7-3-5-14(12-25)27(33,34)35)11-18(10-16)43-26(40)8-4-6-15(13-26)28(36,37)38/h2-11H,1,12-13,39-40H2. The number of nitrogens with two attached hydrogens (primary N) is 2. The molecule has 0 bridgehead atoms. The number of benzene rings is 2. The van der Waals surface area contributed by atoms with E-state index in [0.717, 1.165) is 54.7 Å². The number of hydrogen-bond acceptors (Lipinski definition) is 5. The largest absolute Gasteiger partial charge is 0.469 e. The Kier molecular flexibility index (Phi) is 8.19. The molecule has 0 spiro atoms. The van der Waals surface area contributed by atoms with Crippen molar-refractivity contribution in [1.29, 1.82) is 0 Å². The van der Waals surface area contributed by atoms with Gasteiger partial charge in [0.05, 0.1) is 5.56 Å². The summed E-state index contributed by atoms with van der Waals surface area (Å²) in [6.07, 6.45) is -5.28. The van der Waals surface area contributed by atoms with Crippen LogP contribution in [0.25, 0.3) is 6.08 Å². The Morgan fingerprint density at radius 1 is 0.674 bits per heavy atom. The van der Waals surface area contributed by atoms with E-state index in [1.807, 2.05) is 0 Å². The molecule has 2 aromatic carbocycles. The van der Waals surface area contributed by atoms with Crippen LogP contribution >= 0.6 is 0 Å². The molecule has 230 valence electrons. The molecule has 15 heteroatoms. The van der Waals surface area contributed by atoms with Gasteiger partial charge in [0.1, 0.15) is 17.2 Å². The summed E-state index contributed by atoms with van der Waals surface area (Å²) < 4.78 is 154. The molecule has 0 amide bonds. The molecule has 0 radical (unpaired) electrons. The monoisotopic (exact) mass is 622 g/mol. The lowest BCUT2D eigenvalue weighted by Gasteiger charge is -2.33. The maximum atomic E-state index is 14.7. The number of alkyl halides is 6. The van der Waals surface area contributed by atoms with Crippen molar-refractivity contribution >= 4 is 6.08 Å². The van der Waals surface area contributed by atoms with E-state index in [-0.39, 0.29) is 0 Å². The van der Waals surface area contributed by atoms with Crippen molar-refractivity contribution in [2.45, 2.75) is 36.6 Å². The van der Waals surface area contributed by atoms with Gasteiger partial charge in [0.25, 0.3) is 0 Å². The van der Waals surface area contributed by atoms with E-state index in [1.165, 1.54) is 0 Å². The molecular formula is C28H20F10N2O3. The molecule has 0 saturated heterocycles. The van der Waals surface area contributed by atoms with Gasteiger partial charge in [-0.05, 0) is 12.2 Å². The molecule has 0 fully saturated rings. The summed E-state index contributed by atoms with van der Waals surface area (Å²) in [6.45, 7) is 3.07. The van der Waals surface area contributed by atoms with Crippen molar-refractivity contribution in [2.75, 3.05) is 0 Å². The molecule has 4 rings (SSSR count). The average molecular weight is 622 g/mol. The Labute approximate surface area is 237 Å². The van der Waals surface area contributed by atoms with Crippen molar-refractivity contribution < 1.29 is 58.1 Å². The summed E-state index contributed by atoms with van der Waals surface area (Å²) >= 11 is 0. The van der Waals surface area contributed by atoms with Crippen LogP contribution in [0.4, 0.5) is 43.9 Å². The Hall–Kier alpha value is -4.24. The third-order valence-corrected chi connectivity index (χ3v) is 6.16. The molecule has 2 atom stereocenters. The molecule has 2 aromatic rings. The lowest BCUT2D eigenvalue weighted by atomic mass is 9.97.